The lowest BCUT2D eigenvalue weighted by molar-refractivity contribution is -0.126. The molecule has 40 heavy (non-hydrogen) atoms. The molecular weight excluding hydrogens is 502 g/mol. The topological polar surface area (TPSA) is 88.7 Å². The molecule has 3 aromatic carbocycles. The number of piperidine rings is 1. The van der Waals surface area contributed by atoms with Gasteiger partial charge in [-0.2, -0.15) is 0 Å². The quantitative estimate of drug-likeness (QED) is 0.376. The molecule has 0 bridgehead atoms. The summed E-state index contributed by atoms with van der Waals surface area (Å²) in [5, 5.41) is 9.54. The summed E-state index contributed by atoms with van der Waals surface area (Å²) in [6, 6.07) is 26.5. The van der Waals surface area contributed by atoms with Gasteiger partial charge in [0.15, 0.2) is 0 Å². The van der Waals surface area contributed by atoms with Crippen LogP contribution in [0.1, 0.15) is 50.3 Å². The van der Waals surface area contributed by atoms with Crippen molar-refractivity contribution in [3.05, 3.63) is 95.6 Å². The molecule has 5 rings (SSSR count). The van der Waals surface area contributed by atoms with Crippen LogP contribution in [0, 0.1) is 5.92 Å². The van der Waals surface area contributed by atoms with Gasteiger partial charge in [0.25, 0.3) is 0 Å². The first-order valence-electron chi connectivity index (χ1n) is 14.1. The van der Waals surface area contributed by atoms with Crippen LogP contribution >= 0.6 is 0 Å². The molecule has 0 aliphatic carbocycles. The molecule has 0 radical (unpaired) electrons. The summed E-state index contributed by atoms with van der Waals surface area (Å²) in [5.41, 5.74) is 2.37. The van der Waals surface area contributed by atoms with Gasteiger partial charge in [-0.05, 0) is 57.7 Å². The molecule has 1 fully saturated rings. The second-order valence-corrected chi connectivity index (χ2v) is 11.8. The van der Waals surface area contributed by atoms with Crippen LogP contribution < -0.4 is 20.7 Å². The Hall–Kier alpha value is -3.84. The van der Waals surface area contributed by atoms with E-state index in [1.165, 1.54) is 5.56 Å². The van der Waals surface area contributed by atoms with E-state index in [0.29, 0.717) is 26.1 Å². The van der Waals surface area contributed by atoms with Gasteiger partial charge in [-0.1, -0.05) is 66.7 Å². The number of carbonyl (C=O) groups is 2. The number of rotatable bonds is 7. The zero-order chi connectivity index (χ0) is 28.2. The average molecular weight is 542 g/mol. The summed E-state index contributed by atoms with van der Waals surface area (Å²) in [7, 11) is 0. The number of alkyl carbamates (subject to hydrolysis) is 1. The molecule has 0 aromatic heterocycles. The predicted octanol–water partition coefficient (Wildman–Crippen LogP) is 5.33. The van der Waals surface area contributed by atoms with Crippen molar-refractivity contribution in [2.45, 2.75) is 57.1 Å². The maximum absolute atomic E-state index is 13.6. The molecule has 2 heterocycles. The number of nitrogens with one attached hydrogen (secondary N) is 3. The molecule has 1 saturated heterocycles. The Labute approximate surface area is 236 Å². The normalized spacial score (nSPS) is 19.4. The summed E-state index contributed by atoms with van der Waals surface area (Å²) in [4.78, 5) is 25.9. The number of hydrogen-bond donors (Lipinski definition) is 3. The fourth-order valence-corrected chi connectivity index (χ4v) is 5.82. The fourth-order valence-electron chi connectivity index (χ4n) is 5.82. The van der Waals surface area contributed by atoms with Crippen LogP contribution in [0.4, 0.5) is 4.79 Å². The lowest BCUT2D eigenvalue weighted by Crippen LogP contribution is -2.54. The van der Waals surface area contributed by atoms with Crippen molar-refractivity contribution in [3.8, 4) is 11.5 Å². The molecule has 7 nitrogen and oxygen atoms in total. The third kappa shape index (κ3) is 6.31. The highest BCUT2D eigenvalue weighted by Crippen LogP contribution is 2.50. The van der Waals surface area contributed by atoms with E-state index in [-0.39, 0.29) is 17.9 Å². The number of ether oxygens (including phenoxy) is 2. The Morgan fingerprint density at radius 2 is 1.55 bits per heavy atom. The average Bonchev–Trinajstić information content (AvgIpc) is 2.94. The number of fused-ring (bicyclic) bond motifs is 2. The summed E-state index contributed by atoms with van der Waals surface area (Å²) >= 11 is 0. The number of para-hydroxylation sites is 2. The number of aryl methyl sites for hydroxylation is 1. The molecule has 7 heteroatoms. The largest absolute Gasteiger partial charge is 0.457 e. The number of hydrogen-bond acceptors (Lipinski definition) is 5. The van der Waals surface area contributed by atoms with Gasteiger partial charge in [0.2, 0.25) is 5.91 Å². The zero-order valence-electron chi connectivity index (χ0n) is 23.5. The van der Waals surface area contributed by atoms with Crippen molar-refractivity contribution < 1.29 is 19.1 Å². The van der Waals surface area contributed by atoms with E-state index < -0.39 is 17.1 Å². The molecular formula is C33H39N3O4. The minimum absolute atomic E-state index is 0.0243. The summed E-state index contributed by atoms with van der Waals surface area (Å²) in [6.45, 7) is 7.11. The Bertz CT molecular complexity index is 1290. The Kier molecular flexibility index (Phi) is 8.12. The smallest absolute Gasteiger partial charge is 0.407 e. The third-order valence-corrected chi connectivity index (χ3v) is 7.72. The van der Waals surface area contributed by atoms with Crippen molar-refractivity contribution in [1.82, 2.24) is 16.0 Å². The van der Waals surface area contributed by atoms with Gasteiger partial charge in [-0.3, -0.25) is 4.79 Å². The lowest BCUT2D eigenvalue weighted by atomic mass is 9.68. The van der Waals surface area contributed by atoms with Crippen LogP contribution in [0.25, 0.3) is 0 Å². The minimum atomic E-state index is -0.576. The zero-order valence-corrected chi connectivity index (χ0v) is 23.5. The van der Waals surface area contributed by atoms with Crippen LogP contribution in [0.2, 0.25) is 0 Å². The maximum Gasteiger partial charge on any atom is 0.407 e. The van der Waals surface area contributed by atoms with E-state index in [4.69, 9.17) is 9.47 Å². The summed E-state index contributed by atoms with van der Waals surface area (Å²) in [6.07, 6.45) is 1.74. The van der Waals surface area contributed by atoms with Gasteiger partial charge in [0.1, 0.15) is 17.1 Å². The van der Waals surface area contributed by atoms with Crippen molar-refractivity contribution >= 4 is 12.0 Å². The number of carbonyl (C=O) groups excluding carboxylic acids is 2. The van der Waals surface area contributed by atoms with Crippen molar-refractivity contribution in [1.29, 1.82) is 0 Å². The molecule has 3 N–H and O–H groups in total. The molecule has 2 amide bonds. The molecule has 0 spiro atoms. The van der Waals surface area contributed by atoms with E-state index in [2.05, 4.69) is 52.3 Å². The Balaban J connectivity index is 1.36. The Morgan fingerprint density at radius 3 is 2.20 bits per heavy atom. The number of amides is 2. The lowest BCUT2D eigenvalue weighted by Gasteiger charge is -2.41. The second-order valence-electron chi connectivity index (χ2n) is 11.8. The van der Waals surface area contributed by atoms with Gasteiger partial charge >= 0.3 is 6.09 Å². The highest BCUT2D eigenvalue weighted by molar-refractivity contribution is 5.79. The first-order valence-corrected chi connectivity index (χ1v) is 14.1. The van der Waals surface area contributed by atoms with Crippen LogP contribution in [-0.4, -0.2) is 43.3 Å². The first-order chi connectivity index (χ1) is 19.2. The maximum atomic E-state index is 13.6. The van der Waals surface area contributed by atoms with Crippen LogP contribution in [0.3, 0.4) is 0 Å². The minimum Gasteiger partial charge on any atom is -0.457 e. The number of benzene rings is 3. The molecule has 3 aromatic rings. The third-order valence-electron chi connectivity index (χ3n) is 7.72. The van der Waals surface area contributed by atoms with Gasteiger partial charge in [0.05, 0.1) is 5.92 Å². The standard InChI is InChI=1S/C33H39N3O4/c1-32(2,3)40-31(38)36-25-19-24(20-34-21-25)30(37)35-22-33(18-17-23-11-5-4-6-12-23)26-13-7-9-15-28(26)39-29-16-10-8-14-27(29)33/h4-16,24-25,34H,17-22H2,1-3H3,(H,35,37)(H,36,38). The Morgan fingerprint density at radius 1 is 0.925 bits per heavy atom. The van der Waals surface area contributed by atoms with Gasteiger partial charge < -0.3 is 25.4 Å². The van der Waals surface area contributed by atoms with E-state index >= 15 is 0 Å². The van der Waals surface area contributed by atoms with Crippen molar-refractivity contribution in [3.63, 3.8) is 0 Å². The molecule has 2 atom stereocenters. The van der Waals surface area contributed by atoms with Crippen LogP contribution in [-0.2, 0) is 21.4 Å². The van der Waals surface area contributed by atoms with Gasteiger partial charge in [-0.15, -0.1) is 0 Å². The molecule has 210 valence electrons. The highest BCUT2D eigenvalue weighted by atomic mass is 16.6. The molecule has 0 saturated carbocycles. The second kappa shape index (κ2) is 11.7. The van der Waals surface area contributed by atoms with E-state index in [1.54, 1.807) is 0 Å². The van der Waals surface area contributed by atoms with Crippen LogP contribution in [0.5, 0.6) is 11.5 Å². The van der Waals surface area contributed by atoms with E-state index in [0.717, 1.165) is 35.5 Å². The summed E-state index contributed by atoms with van der Waals surface area (Å²) in [5.74, 6) is 1.35. The van der Waals surface area contributed by atoms with E-state index in [1.807, 2.05) is 63.2 Å². The monoisotopic (exact) mass is 541 g/mol. The first kappa shape index (κ1) is 27.7. The van der Waals surface area contributed by atoms with Crippen LogP contribution in [0.15, 0.2) is 78.9 Å². The van der Waals surface area contributed by atoms with E-state index in [9.17, 15) is 9.59 Å². The highest BCUT2D eigenvalue weighted by Gasteiger charge is 2.42. The SMILES string of the molecule is CC(C)(C)OC(=O)NC1CNCC(C(=O)NCC2(CCc3ccccc3)c3ccccc3Oc3ccccc32)C1. The van der Waals surface area contributed by atoms with Crippen molar-refractivity contribution in [2.75, 3.05) is 19.6 Å². The van der Waals surface area contributed by atoms with Gasteiger partial charge in [0, 0.05) is 42.2 Å². The molecule has 2 aliphatic heterocycles. The summed E-state index contributed by atoms with van der Waals surface area (Å²) < 4.78 is 11.7. The van der Waals surface area contributed by atoms with Gasteiger partial charge in [-0.25, -0.2) is 4.79 Å². The molecule has 2 unspecified atom stereocenters. The van der Waals surface area contributed by atoms with Crippen molar-refractivity contribution in [2.24, 2.45) is 5.92 Å². The molecule has 2 aliphatic rings. The fraction of sp³-hybridized carbons (Fsp3) is 0.394. The predicted molar refractivity (Wildman–Crippen MR) is 156 cm³/mol.